The van der Waals surface area contributed by atoms with Crippen molar-refractivity contribution in [1.82, 2.24) is 5.32 Å². The van der Waals surface area contributed by atoms with Crippen molar-refractivity contribution in [3.63, 3.8) is 0 Å². The summed E-state index contributed by atoms with van der Waals surface area (Å²) in [7, 11) is 0. The van der Waals surface area contributed by atoms with Gasteiger partial charge in [-0.1, -0.05) is 41.9 Å². The molecule has 2 aliphatic rings. The minimum atomic E-state index is 0.307. The number of hydrogen-bond donors (Lipinski definition) is 1. The summed E-state index contributed by atoms with van der Waals surface area (Å²) in [6.07, 6.45) is 11.4. The molecule has 2 bridgehead atoms. The number of fused-ring (bicyclic) bond motifs is 2. The van der Waals surface area contributed by atoms with E-state index in [1.165, 1.54) is 49.4 Å². The highest BCUT2D eigenvalue weighted by Crippen LogP contribution is 2.49. The van der Waals surface area contributed by atoms with Gasteiger partial charge in [0.15, 0.2) is 0 Å². The third kappa shape index (κ3) is 4.39. The average Bonchev–Trinajstić information content (AvgIpc) is 2.95. The number of unbranched alkanes of at least 4 members (excludes halogenated alkanes) is 3. The number of halogens is 1. The Morgan fingerprint density at radius 2 is 1.94 bits per heavy atom. The minimum absolute atomic E-state index is 0.307. The Labute approximate surface area is 125 Å². The third-order valence-electron chi connectivity index (χ3n) is 4.71. The van der Waals surface area contributed by atoms with Gasteiger partial charge in [-0.05, 0) is 54.3 Å². The monoisotopic (exact) mass is 363 g/mol. The third-order valence-corrected chi connectivity index (χ3v) is 5.48. The number of carbonyl (C=O) groups is 1. The quantitative estimate of drug-likeness (QED) is 0.395. The lowest BCUT2D eigenvalue weighted by atomic mass is 9.86. The van der Waals surface area contributed by atoms with Crippen LogP contribution in [0.5, 0.6) is 0 Å². The first kappa shape index (κ1) is 14.6. The summed E-state index contributed by atoms with van der Waals surface area (Å²) in [6.45, 7) is 0.890. The summed E-state index contributed by atoms with van der Waals surface area (Å²) in [6, 6.07) is 0. The topological polar surface area (TPSA) is 29.1 Å². The van der Waals surface area contributed by atoms with Crippen LogP contribution in [0.1, 0.15) is 57.8 Å². The van der Waals surface area contributed by atoms with Crippen molar-refractivity contribution < 1.29 is 4.79 Å². The van der Waals surface area contributed by atoms with E-state index in [4.69, 9.17) is 0 Å². The summed E-state index contributed by atoms with van der Waals surface area (Å²) >= 11 is 2.43. The number of hydrogen-bond acceptors (Lipinski definition) is 1. The van der Waals surface area contributed by atoms with Crippen molar-refractivity contribution in [1.29, 1.82) is 0 Å². The van der Waals surface area contributed by atoms with Gasteiger partial charge >= 0.3 is 0 Å². The lowest BCUT2D eigenvalue weighted by molar-refractivity contribution is -0.122. The van der Waals surface area contributed by atoms with Crippen LogP contribution in [0.3, 0.4) is 0 Å². The van der Waals surface area contributed by atoms with Crippen molar-refractivity contribution in [2.24, 2.45) is 17.8 Å². The zero-order valence-electron chi connectivity index (χ0n) is 11.3. The second-order valence-corrected chi connectivity index (χ2v) is 7.17. The van der Waals surface area contributed by atoms with Crippen LogP contribution in [-0.2, 0) is 4.79 Å². The molecule has 1 N–H and O–H groups in total. The van der Waals surface area contributed by atoms with E-state index in [-0.39, 0.29) is 0 Å². The molecule has 0 aromatic rings. The first-order valence-corrected chi connectivity index (χ1v) is 9.15. The molecule has 0 radical (unpaired) electrons. The van der Waals surface area contributed by atoms with E-state index < -0.39 is 0 Å². The largest absolute Gasteiger partial charge is 0.356 e. The van der Waals surface area contributed by atoms with E-state index >= 15 is 0 Å². The average molecular weight is 363 g/mol. The van der Waals surface area contributed by atoms with Gasteiger partial charge in [-0.3, -0.25) is 4.79 Å². The summed E-state index contributed by atoms with van der Waals surface area (Å²) in [5.41, 5.74) is 0. The van der Waals surface area contributed by atoms with Crippen LogP contribution in [0.15, 0.2) is 0 Å². The van der Waals surface area contributed by atoms with Crippen LogP contribution < -0.4 is 5.32 Å². The van der Waals surface area contributed by atoms with Gasteiger partial charge in [0.2, 0.25) is 5.91 Å². The van der Waals surface area contributed by atoms with E-state index in [9.17, 15) is 4.79 Å². The minimum Gasteiger partial charge on any atom is -0.356 e. The maximum absolute atomic E-state index is 11.9. The first-order chi connectivity index (χ1) is 8.79. The van der Waals surface area contributed by atoms with Crippen molar-refractivity contribution in [2.75, 3.05) is 11.0 Å². The van der Waals surface area contributed by atoms with E-state index in [0.29, 0.717) is 11.8 Å². The fourth-order valence-electron chi connectivity index (χ4n) is 3.74. The summed E-state index contributed by atoms with van der Waals surface area (Å²) in [5, 5.41) is 3.11. The molecule has 3 atom stereocenters. The van der Waals surface area contributed by atoms with Crippen molar-refractivity contribution in [3.05, 3.63) is 0 Å². The molecule has 18 heavy (non-hydrogen) atoms. The molecular weight excluding hydrogens is 337 g/mol. The number of rotatable bonds is 8. The molecule has 2 nitrogen and oxygen atoms in total. The Balaban J connectivity index is 1.50. The van der Waals surface area contributed by atoms with Crippen LogP contribution in [-0.4, -0.2) is 16.9 Å². The van der Waals surface area contributed by atoms with E-state index in [0.717, 1.165) is 31.2 Å². The molecule has 2 saturated carbocycles. The highest BCUT2D eigenvalue weighted by Gasteiger charge is 2.39. The predicted octanol–water partition coefficient (Wildman–Crippen LogP) is 3.92. The molecule has 2 fully saturated rings. The van der Waals surface area contributed by atoms with Crippen molar-refractivity contribution >= 4 is 28.5 Å². The second-order valence-electron chi connectivity index (χ2n) is 6.09. The smallest absolute Gasteiger partial charge is 0.220 e. The number of carbonyl (C=O) groups excluding carboxylic acids is 1. The summed E-state index contributed by atoms with van der Waals surface area (Å²) in [5.74, 6) is 2.86. The maximum Gasteiger partial charge on any atom is 0.220 e. The van der Waals surface area contributed by atoms with Crippen LogP contribution in [0.4, 0.5) is 0 Å². The fraction of sp³-hybridized carbons (Fsp3) is 0.933. The SMILES string of the molecule is O=C(CC1CC2CCC1C2)NCCCCCCI. The Morgan fingerprint density at radius 1 is 1.11 bits per heavy atom. The molecule has 0 spiro atoms. The zero-order valence-corrected chi connectivity index (χ0v) is 13.5. The summed E-state index contributed by atoms with van der Waals surface area (Å²) in [4.78, 5) is 11.9. The zero-order chi connectivity index (χ0) is 12.8. The number of amides is 1. The molecule has 2 rings (SSSR count). The summed E-state index contributed by atoms with van der Waals surface area (Å²) < 4.78 is 1.26. The normalized spacial score (nSPS) is 29.7. The lowest BCUT2D eigenvalue weighted by Gasteiger charge is -2.20. The Morgan fingerprint density at radius 3 is 2.61 bits per heavy atom. The molecule has 0 aliphatic heterocycles. The van der Waals surface area contributed by atoms with Gasteiger partial charge in [-0.15, -0.1) is 0 Å². The van der Waals surface area contributed by atoms with Crippen molar-refractivity contribution in [3.8, 4) is 0 Å². The van der Waals surface area contributed by atoms with Crippen LogP contribution >= 0.6 is 22.6 Å². The van der Waals surface area contributed by atoms with Crippen molar-refractivity contribution in [2.45, 2.75) is 57.8 Å². The van der Waals surface area contributed by atoms with Gasteiger partial charge in [0, 0.05) is 13.0 Å². The second kappa shape index (κ2) is 7.71. The van der Waals surface area contributed by atoms with Gasteiger partial charge in [0.1, 0.15) is 0 Å². The van der Waals surface area contributed by atoms with Gasteiger partial charge in [-0.2, -0.15) is 0 Å². The van der Waals surface area contributed by atoms with Crippen LogP contribution in [0.25, 0.3) is 0 Å². The molecule has 0 heterocycles. The van der Waals surface area contributed by atoms with Crippen LogP contribution in [0.2, 0.25) is 0 Å². The first-order valence-electron chi connectivity index (χ1n) is 7.62. The standard InChI is InChI=1S/C15H26INO/c16-7-3-1-2-4-8-17-15(18)11-14-10-12-5-6-13(14)9-12/h12-14H,1-11H2,(H,17,18). The molecule has 0 aromatic heterocycles. The molecule has 0 aromatic carbocycles. The van der Waals surface area contributed by atoms with Gasteiger partial charge in [-0.25, -0.2) is 0 Å². The molecule has 0 saturated heterocycles. The van der Waals surface area contributed by atoms with Gasteiger partial charge in [0.05, 0.1) is 0 Å². The maximum atomic E-state index is 11.9. The van der Waals surface area contributed by atoms with Gasteiger partial charge < -0.3 is 5.32 Å². The van der Waals surface area contributed by atoms with E-state index in [1.54, 1.807) is 0 Å². The molecule has 104 valence electrons. The molecular formula is C15H26INO. The highest BCUT2D eigenvalue weighted by molar-refractivity contribution is 14.1. The Kier molecular flexibility index (Phi) is 6.25. The predicted molar refractivity (Wildman–Crippen MR) is 83.9 cm³/mol. The highest BCUT2D eigenvalue weighted by atomic mass is 127. The van der Waals surface area contributed by atoms with E-state index in [1.807, 2.05) is 0 Å². The molecule has 2 aliphatic carbocycles. The van der Waals surface area contributed by atoms with E-state index in [2.05, 4.69) is 27.9 Å². The number of alkyl halides is 1. The molecule has 3 unspecified atom stereocenters. The fourth-order valence-corrected chi connectivity index (χ4v) is 4.28. The molecule has 3 heteroatoms. The molecule has 1 amide bonds. The Bertz CT molecular complexity index is 269. The number of nitrogens with one attached hydrogen (secondary N) is 1. The Hall–Kier alpha value is 0.200. The van der Waals surface area contributed by atoms with Crippen LogP contribution in [0, 0.1) is 17.8 Å². The lowest BCUT2D eigenvalue weighted by Crippen LogP contribution is -2.28. The van der Waals surface area contributed by atoms with Gasteiger partial charge in [0.25, 0.3) is 0 Å².